The first-order chi connectivity index (χ1) is 16.3. The number of unbranched alkanes of at least 4 members (excludes halogenated alkanes) is 5. The quantitative estimate of drug-likeness (QED) is 0.171. The lowest BCUT2D eigenvalue weighted by Crippen LogP contribution is -2.32. The predicted molar refractivity (Wildman–Crippen MR) is 128 cm³/mol. The Morgan fingerprint density at radius 3 is 1.91 bits per heavy atom. The van der Waals surface area contributed by atoms with Gasteiger partial charge >= 0.3 is 0 Å². The van der Waals surface area contributed by atoms with Crippen molar-refractivity contribution in [2.24, 2.45) is 5.92 Å². The Hall–Kier alpha value is -1.93. The lowest BCUT2D eigenvalue weighted by atomic mass is 10.1. The molecule has 1 unspecified atom stereocenters. The third kappa shape index (κ3) is 14.4. The van der Waals surface area contributed by atoms with Gasteiger partial charge in [-0.25, -0.2) is 0 Å². The molecule has 0 N–H and O–H groups in total. The molecule has 0 saturated carbocycles. The number of likely N-dealkylation sites (tertiary alicyclic amines) is 1. The summed E-state index contributed by atoms with van der Waals surface area (Å²) in [5.74, 6) is -0.151. The molecule has 194 valence electrons. The van der Waals surface area contributed by atoms with Crippen molar-refractivity contribution >= 4 is 29.2 Å². The maximum Gasteiger partial charge on any atom is 0.232 e. The molecule has 34 heavy (non-hydrogen) atoms. The molecule has 0 bridgehead atoms. The van der Waals surface area contributed by atoms with Gasteiger partial charge in [0.2, 0.25) is 11.8 Å². The first kappa shape index (κ1) is 30.1. The Morgan fingerprint density at radius 1 is 0.735 bits per heavy atom. The number of imide groups is 1. The van der Waals surface area contributed by atoms with E-state index in [1.54, 1.807) is 13.8 Å². The fourth-order valence-corrected chi connectivity index (χ4v) is 3.85. The second-order valence-corrected chi connectivity index (χ2v) is 9.22. The van der Waals surface area contributed by atoms with Gasteiger partial charge in [-0.15, -0.1) is 0 Å². The van der Waals surface area contributed by atoms with Crippen LogP contribution < -0.4 is 0 Å². The Balaban J connectivity index is 1.85. The van der Waals surface area contributed by atoms with Crippen LogP contribution in [-0.4, -0.2) is 67.0 Å². The molecule has 1 saturated heterocycles. The summed E-state index contributed by atoms with van der Waals surface area (Å²) in [4.78, 5) is 59.4. The highest BCUT2D eigenvalue weighted by molar-refractivity contribution is 6.03. The number of hydrogen-bond acceptors (Lipinski definition) is 7. The van der Waals surface area contributed by atoms with Crippen molar-refractivity contribution in [3.8, 4) is 0 Å². The molecule has 0 radical (unpaired) electrons. The summed E-state index contributed by atoms with van der Waals surface area (Å²) in [5.41, 5.74) is 0. The molecule has 1 aliphatic rings. The van der Waals surface area contributed by atoms with Gasteiger partial charge in [0, 0.05) is 57.6 Å². The van der Waals surface area contributed by atoms with E-state index in [2.05, 4.69) is 0 Å². The number of amides is 2. The van der Waals surface area contributed by atoms with Crippen LogP contribution in [0.2, 0.25) is 0 Å². The Bertz CT molecular complexity index is 662. The summed E-state index contributed by atoms with van der Waals surface area (Å²) in [6.07, 6.45) is 9.34. The maximum atomic E-state index is 11.9. The van der Waals surface area contributed by atoms with Crippen molar-refractivity contribution in [2.45, 2.75) is 97.3 Å². The van der Waals surface area contributed by atoms with Gasteiger partial charge in [-0.1, -0.05) is 32.6 Å². The van der Waals surface area contributed by atoms with Gasteiger partial charge in [-0.05, 0) is 26.2 Å². The first-order valence-corrected chi connectivity index (χ1v) is 12.8. The second-order valence-electron chi connectivity index (χ2n) is 9.22. The summed E-state index contributed by atoms with van der Waals surface area (Å²) in [6, 6.07) is 0. The highest BCUT2D eigenvalue weighted by atomic mass is 16.5. The smallest absolute Gasteiger partial charge is 0.232 e. The number of carbonyl (C=O) groups is 5. The van der Waals surface area contributed by atoms with E-state index in [0.29, 0.717) is 58.5 Å². The van der Waals surface area contributed by atoms with E-state index in [0.717, 1.165) is 38.5 Å². The van der Waals surface area contributed by atoms with Crippen LogP contribution in [0.1, 0.15) is 97.3 Å². The van der Waals surface area contributed by atoms with Gasteiger partial charge in [0.25, 0.3) is 0 Å². The molecule has 8 heteroatoms. The summed E-state index contributed by atoms with van der Waals surface area (Å²) >= 11 is 0. The zero-order valence-corrected chi connectivity index (χ0v) is 21.1. The van der Waals surface area contributed by atoms with Gasteiger partial charge in [-0.3, -0.25) is 24.1 Å². The standard InChI is InChI=1S/C26H43NO7/c1-21-20-25(31)27(26(21)32)15-13-23(29)12-9-16-33-18-19-34-17-14-24(30)11-8-6-4-3-5-7-10-22(2)28/h21H,3-20H2,1-2H3. The highest BCUT2D eigenvalue weighted by Crippen LogP contribution is 2.19. The molecule has 0 aromatic rings. The molecular weight excluding hydrogens is 438 g/mol. The van der Waals surface area contributed by atoms with E-state index in [9.17, 15) is 24.0 Å². The van der Waals surface area contributed by atoms with Crippen molar-refractivity contribution in [2.75, 3.05) is 33.0 Å². The predicted octanol–water partition coefficient (Wildman–Crippen LogP) is 3.82. The molecule has 1 heterocycles. The maximum absolute atomic E-state index is 11.9. The minimum Gasteiger partial charge on any atom is -0.379 e. The zero-order chi connectivity index (χ0) is 25.2. The van der Waals surface area contributed by atoms with Crippen LogP contribution in [0, 0.1) is 5.92 Å². The summed E-state index contributed by atoms with van der Waals surface area (Å²) in [5, 5.41) is 0. The Kier molecular flexibility index (Phi) is 16.3. The molecule has 1 fully saturated rings. The van der Waals surface area contributed by atoms with Crippen LogP contribution in [0.15, 0.2) is 0 Å². The number of ketones is 3. The van der Waals surface area contributed by atoms with E-state index in [1.807, 2.05) is 0 Å². The van der Waals surface area contributed by atoms with Gasteiger partial charge in [0.05, 0.1) is 19.8 Å². The zero-order valence-electron chi connectivity index (χ0n) is 21.1. The molecule has 1 rings (SSSR count). The van der Waals surface area contributed by atoms with E-state index < -0.39 is 0 Å². The molecule has 8 nitrogen and oxygen atoms in total. The second kappa shape index (κ2) is 18.4. The van der Waals surface area contributed by atoms with Gasteiger partial charge in [0.15, 0.2) is 0 Å². The third-order valence-electron chi connectivity index (χ3n) is 5.96. The van der Waals surface area contributed by atoms with Crippen LogP contribution in [0.3, 0.4) is 0 Å². The van der Waals surface area contributed by atoms with Crippen LogP contribution >= 0.6 is 0 Å². The molecule has 1 atom stereocenters. The molecule has 0 aromatic heterocycles. The van der Waals surface area contributed by atoms with Crippen molar-refractivity contribution in [1.82, 2.24) is 4.90 Å². The minimum atomic E-state index is -0.276. The molecule has 1 aliphatic heterocycles. The topological polar surface area (TPSA) is 107 Å². The Labute approximate surface area is 204 Å². The van der Waals surface area contributed by atoms with Crippen molar-refractivity contribution < 1.29 is 33.4 Å². The highest BCUT2D eigenvalue weighted by Gasteiger charge is 2.35. The number of nitrogens with zero attached hydrogens (tertiary/aromatic N) is 1. The number of rotatable bonds is 22. The lowest BCUT2D eigenvalue weighted by Gasteiger charge is -2.13. The molecule has 0 aromatic carbocycles. The average Bonchev–Trinajstić information content (AvgIpc) is 3.03. The SMILES string of the molecule is CC(=O)CCCCCCCCC(=O)CCOCCOCCCC(=O)CCN1C(=O)CC(C)C1=O. The Morgan fingerprint density at radius 2 is 1.29 bits per heavy atom. The number of Topliss-reactive ketones (excluding diaryl/α,β-unsaturated/α-hetero) is 3. The van der Waals surface area contributed by atoms with E-state index >= 15 is 0 Å². The molecule has 0 aliphatic carbocycles. The van der Waals surface area contributed by atoms with E-state index in [1.165, 1.54) is 4.90 Å². The van der Waals surface area contributed by atoms with Gasteiger partial charge in [-0.2, -0.15) is 0 Å². The van der Waals surface area contributed by atoms with Crippen LogP contribution in [0.4, 0.5) is 0 Å². The first-order valence-electron chi connectivity index (χ1n) is 12.8. The largest absolute Gasteiger partial charge is 0.379 e. The van der Waals surface area contributed by atoms with E-state index in [4.69, 9.17) is 9.47 Å². The number of carbonyl (C=O) groups excluding carboxylic acids is 5. The average molecular weight is 482 g/mol. The van der Waals surface area contributed by atoms with Crippen LogP contribution in [0.5, 0.6) is 0 Å². The molecular formula is C26H43NO7. The summed E-state index contributed by atoms with van der Waals surface area (Å²) < 4.78 is 10.9. The fraction of sp³-hybridized carbons (Fsp3) is 0.808. The van der Waals surface area contributed by atoms with Crippen molar-refractivity contribution in [3.63, 3.8) is 0 Å². The van der Waals surface area contributed by atoms with Crippen molar-refractivity contribution in [1.29, 1.82) is 0 Å². The monoisotopic (exact) mass is 481 g/mol. The molecule has 2 amide bonds. The lowest BCUT2D eigenvalue weighted by molar-refractivity contribution is -0.139. The van der Waals surface area contributed by atoms with Crippen LogP contribution in [0.25, 0.3) is 0 Å². The van der Waals surface area contributed by atoms with Crippen LogP contribution in [-0.2, 0) is 33.4 Å². The summed E-state index contributed by atoms with van der Waals surface area (Å²) in [6.45, 7) is 5.21. The summed E-state index contributed by atoms with van der Waals surface area (Å²) in [7, 11) is 0. The van der Waals surface area contributed by atoms with Crippen molar-refractivity contribution in [3.05, 3.63) is 0 Å². The minimum absolute atomic E-state index is 0.0199. The van der Waals surface area contributed by atoms with E-state index in [-0.39, 0.29) is 54.5 Å². The molecule has 0 spiro atoms. The number of ether oxygens (including phenoxy) is 2. The fourth-order valence-electron chi connectivity index (χ4n) is 3.85. The van der Waals surface area contributed by atoms with Gasteiger partial charge in [0.1, 0.15) is 17.3 Å². The van der Waals surface area contributed by atoms with Gasteiger partial charge < -0.3 is 14.3 Å². The normalized spacial score (nSPS) is 15.8. The third-order valence-corrected chi connectivity index (χ3v) is 5.96. The number of hydrogen-bond donors (Lipinski definition) is 0.